The van der Waals surface area contributed by atoms with Gasteiger partial charge in [-0.2, -0.15) is 0 Å². The molecule has 0 saturated heterocycles. The van der Waals surface area contributed by atoms with Gasteiger partial charge < -0.3 is 16.0 Å². The SMILES string of the molecule is CCN(CCN)C1=NCCN1. The molecule has 0 aromatic heterocycles. The highest BCUT2D eigenvalue weighted by atomic mass is 15.3. The Labute approximate surface area is 67.5 Å². The molecule has 0 amide bonds. The molecule has 11 heavy (non-hydrogen) atoms. The van der Waals surface area contributed by atoms with Gasteiger partial charge in [-0.1, -0.05) is 0 Å². The largest absolute Gasteiger partial charge is 0.354 e. The maximum atomic E-state index is 5.45. The summed E-state index contributed by atoms with van der Waals surface area (Å²) in [5, 5.41) is 3.21. The second-order valence-corrected chi connectivity index (χ2v) is 2.50. The third-order valence-electron chi connectivity index (χ3n) is 1.74. The Morgan fingerprint density at radius 1 is 1.73 bits per heavy atom. The van der Waals surface area contributed by atoms with Gasteiger partial charge in [0.2, 0.25) is 0 Å². The molecule has 0 aromatic rings. The van der Waals surface area contributed by atoms with Crippen LogP contribution in [0.5, 0.6) is 0 Å². The van der Waals surface area contributed by atoms with Crippen LogP contribution in [0.1, 0.15) is 6.92 Å². The van der Waals surface area contributed by atoms with Crippen molar-refractivity contribution in [2.75, 3.05) is 32.7 Å². The molecule has 0 spiro atoms. The van der Waals surface area contributed by atoms with Crippen molar-refractivity contribution in [1.29, 1.82) is 0 Å². The lowest BCUT2D eigenvalue weighted by atomic mass is 10.5. The summed E-state index contributed by atoms with van der Waals surface area (Å²) in [4.78, 5) is 6.46. The van der Waals surface area contributed by atoms with Gasteiger partial charge in [-0.3, -0.25) is 4.99 Å². The predicted molar refractivity (Wildman–Crippen MR) is 46.6 cm³/mol. The molecule has 1 aliphatic rings. The Hall–Kier alpha value is -0.770. The molecule has 1 aliphatic heterocycles. The van der Waals surface area contributed by atoms with Crippen LogP contribution in [-0.4, -0.2) is 43.6 Å². The van der Waals surface area contributed by atoms with E-state index in [4.69, 9.17) is 5.73 Å². The van der Waals surface area contributed by atoms with E-state index in [9.17, 15) is 0 Å². The van der Waals surface area contributed by atoms with Crippen LogP contribution in [0.4, 0.5) is 0 Å². The zero-order valence-electron chi connectivity index (χ0n) is 7.01. The van der Waals surface area contributed by atoms with Crippen LogP contribution in [0.25, 0.3) is 0 Å². The van der Waals surface area contributed by atoms with E-state index in [-0.39, 0.29) is 0 Å². The first kappa shape index (κ1) is 8.33. The maximum absolute atomic E-state index is 5.45. The third-order valence-corrected chi connectivity index (χ3v) is 1.74. The van der Waals surface area contributed by atoms with Crippen LogP contribution in [0.2, 0.25) is 0 Å². The molecule has 0 aromatic carbocycles. The molecular weight excluding hydrogens is 140 g/mol. The lowest BCUT2D eigenvalue weighted by Crippen LogP contribution is -2.41. The molecule has 0 atom stereocenters. The van der Waals surface area contributed by atoms with Crippen LogP contribution < -0.4 is 11.1 Å². The molecule has 64 valence electrons. The fourth-order valence-corrected chi connectivity index (χ4v) is 1.17. The smallest absolute Gasteiger partial charge is 0.194 e. The van der Waals surface area contributed by atoms with Gasteiger partial charge in [-0.25, -0.2) is 0 Å². The second kappa shape index (κ2) is 4.18. The monoisotopic (exact) mass is 156 g/mol. The lowest BCUT2D eigenvalue weighted by molar-refractivity contribution is 0.440. The van der Waals surface area contributed by atoms with E-state index in [2.05, 4.69) is 22.1 Å². The highest BCUT2D eigenvalue weighted by molar-refractivity contribution is 5.81. The van der Waals surface area contributed by atoms with Crippen molar-refractivity contribution in [2.24, 2.45) is 10.7 Å². The van der Waals surface area contributed by atoms with Gasteiger partial charge in [-0.15, -0.1) is 0 Å². The van der Waals surface area contributed by atoms with Gasteiger partial charge in [0.15, 0.2) is 5.96 Å². The van der Waals surface area contributed by atoms with Gasteiger partial charge in [0.1, 0.15) is 0 Å². The molecule has 0 unspecified atom stereocenters. The quantitative estimate of drug-likeness (QED) is 0.564. The first-order chi connectivity index (χ1) is 5.38. The van der Waals surface area contributed by atoms with Crippen LogP contribution in [-0.2, 0) is 0 Å². The normalized spacial score (nSPS) is 16.0. The van der Waals surface area contributed by atoms with E-state index in [0.717, 1.165) is 32.1 Å². The maximum Gasteiger partial charge on any atom is 0.194 e. The highest BCUT2D eigenvalue weighted by Crippen LogP contribution is 1.93. The van der Waals surface area contributed by atoms with Gasteiger partial charge >= 0.3 is 0 Å². The summed E-state index contributed by atoms with van der Waals surface area (Å²) in [6.07, 6.45) is 0. The number of nitrogens with zero attached hydrogens (tertiary/aromatic N) is 2. The van der Waals surface area contributed by atoms with Crippen molar-refractivity contribution in [3.63, 3.8) is 0 Å². The minimum atomic E-state index is 0.689. The molecule has 0 aliphatic carbocycles. The van der Waals surface area contributed by atoms with E-state index in [0.29, 0.717) is 6.54 Å². The van der Waals surface area contributed by atoms with E-state index < -0.39 is 0 Å². The van der Waals surface area contributed by atoms with Crippen LogP contribution in [0.15, 0.2) is 4.99 Å². The molecule has 0 radical (unpaired) electrons. The number of hydrogen-bond donors (Lipinski definition) is 2. The average Bonchev–Trinajstić information content (AvgIpc) is 2.52. The Balaban J connectivity index is 2.40. The van der Waals surface area contributed by atoms with E-state index in [1.54, 1.807) is 0 Å². The van der Waals surface area contributed by atoms with Gasteiger partial charge in [-0.05, 0) is 6.92 Å². The van der Waals surface area contributed by atoms with Crippen molar-refractivity contribution in [3.05, 3.63) is 0 Å². The Kier molecular flexibility index (Phi) is 3.16. The number of likely N-dealkylation sites (N-methyl/N-ethyl adjacent to an activating group) is 1. The molecule has 4 nitrogen and oxygen atoms in total. The topological polar surface area (TPSA) is 53.6 Å². The molecule has 0 fully saturated rings. The van der Waals surface area contributed by atoms with Crippen molar-refractivity contribution in [3.8, 4) is 0 Å². The standard InChI is InChI=1S/C7H16N4/c1-2-11(6-3-8)7-9-4-5-10-7/h2-6,8H2,1H3,(H,9,10). The zero-order valence-corrected chi connectivity index (χ0v) is 7.01. The molecule has 4 heteroatoms. The van der Waals surface area contributed by atoms with Gasteiger partial charge in [0, 0.05) is 26.2 Å². The first-order valence-corrected chi connectivity index (χ1v) is 4.11. The molecule has 0 bridgehead atoms. The second-order valence-electron chi connectivity index (χ2n) is 2.50. The average molecular weight is 156 g/mol. The van der Waals surface area contributed by atoms with Crippen LogP contribution in [0.3, 0.4) is 0 Å². The number of guanidine groups is 1. The van der Waals surface area contributed by atoms with Crippen LogP contribution >= 0.6 is 0 Å². The van der Waals surface area contributed by atoms with Crippen molar-refractivity contribution < 1.29 is 0 Å². The van der Waals surface area contributed by atoms with Crippen molar-refractivity contribution in [2.45, 2.75) is 6.92 Å². The van der Waals surface area contributed by atoms with Gasteiger partial charge in [0.25, 0.3) is 0 Å². The summed E-state index contributed by atoms with van der Waals surface area (Å²) in [6, 6.07) is 0. The summed E-state index contributed by atoms with van der Waals surface area (Å²) in [7, 11) is 0. The number of hydrogen-bond acceptors (Lipinski definition) is 4. The van der Waals surface area contributed by atoms with Gasteiger partial charge in [0.05, 0.1) is 6.54 Å². The minimum Gasteiger partial charge on any atom is -0.354 e. The van der Waals surface area contributed by atoms with E-state index in [1.807, 2.05) is 0 Å². The molecule has 3 N–H and O–H groups in total. The minimum absolute atomic E-state index is 0.689. The summed E-state index contributed by atoms with van der Waals surface area (Å²) in [6.45, 7) is 6.53. The summed E-state index contributed by atoms with van der Waals surface area (Å²) in [5.41, 5.74) is 5.45. The van der Waals surface area contributed by atoms with Crippen molar-refractivity contribution >= 4 is 5.96 Å². The number of rotatable bonds is 3. The van der Waals surface area contributed by atoms with E-state index >= 15 is 0 Å². The number of nitrogens with one attached hydrogen (secondary N) is 1. The predicted octanol–water partition coefficient (Wildman–Crippen LogP) is -0.774. The Morgan fingerprint density at radius 3 is 3.00 bits per heavy atom. The summed E-state index contributed by atoms with van der Waals surface area (Å²) in [5.74, 6) is 1.01. The van der Waals surface area contributed by atoms with Crippen molar-refractivity contribution in [1.82, 2.24) is 10.2 Å². The number of aliphatic imine (C=N–C) groups is 1. The number of nitrogens with two attached hydrogens (primary N) is 1. The molecular formula is C7H16N4. The molecule has 1 rings (SSSR count). The van der Waals surface area contributed by atoms with Crippen LogP contribution in [0, 0.1) is 0 Å². The van der Waals surface area contributed by atoms with E-state index in [1.165, 1.54) is 0 Å². The first-order valence-electron chi connectivity index (χ1n) is 4.11. The summed E-state index contributed by atoms with van der Waals surface area (Å²) >= 11 is 0. The third kappa shape index (κ3) is 2.08. The lowest BCUT2D eigenvalue weighted by Gasteiger charge is -2.21. The Morgan fingerprint density at radius 2 is 2.55 bits per heavy atom. The molecule has 1 heterocycles. The Bertz CT molecular complexity index is 143. The fraction of sp³-hybridized carbons (Fsp3) is 0.857. The fourth-order valence-electron chi connectivity index (χ4n) is 1.17. The zero-order chi connectivity index (χ0) is 8.10. The summed E-state index contributed by atoms with van der Waals surface area (Å²) < 4.78 is 0. The molecule has 0 saturated carbocycles. The highest BCUT2D eigenvalue weighted by Gasteiger charge is 2.10.